The predicted molar refractivity (Wildman–Crippen MR) is 67.4 cm³/mol. The smallest absolute Gasteiger partial charge is 0.113 e. The number of nitrogens with one attached hydrogen (secondary N) is 1. The van der Waals surface area contributed by atoms with Gasteiger partial charge in [0, 0.05) is 13.0 Å². The second kappa shape index (κ2) is 8.53. The first-order valence-corrected chi connectivity index (χ1v) is 6.47. The summed E-state index contributed by atoms with van der Waals surface area (Å²) in [6, 6.07) is 0.478. The number of rotatable bonds is 6. The Morgan fingerprint density at radius 3 is 2.69 bits per heavy atom. The lowest BCUT2D eigenvalue weighted by molar-refractivity contribution is 0.141. The first kappa shape index (κ1) is 13.5. The molecule has 3 N–H and O–H groups in total. The Kier molecular flexibility index (Phi) is 7.17. The van der Waals surface area contributed by atoms with Gasteiger partial charge in [-0.3, -0.25) is 4.99 Å². The minimum atomic E-state index is 0.478. The van der Waals surface area contributed by atoms with E-state index in [0.29, 0.717) is 12.6 Å². The van der Waals surface area contributed by atoms with E-state index in [-0.39, 0.29) is 0 Å². The van der Waals surface area contributed by atoms with Gasteiger partial charge in [-0.25, -0.2) is 5.84 Å². The molecule has 4 heteroatoms. The van der Waals surface area contributed by atoms with Gasteiger partial charge in [-0.15, -0.1) is 0 Å². The van der Waals surface area contributed by atoms with E-state index in [4.69, 9.17) is 10.6 Å². The molecule has 0 saturated heterocycles. The lowest BCUT2D eigenvalue weighted by Crippen LogP contribution is -2.33. The average Bonchev–Trinajstić information content (AvgIpc) is 2.34. The summed E-state index contributed by atoms with van der Waals surface area (Å²) < 4.78 is 5.43. The van der Waals surface area contributed by atoms with Crippen LogP contribution in [0.2, 0.25) is 0 Å². The molecule has 0 unspecified atom stereocenters. The Labute approximate surface area is 98.6 Å². The standard InChI is InChI=1S/C12H25N3O/c1-2-9-16-10-8-12(15-13)14-11-6-4-3-5-7-11/h11H,2-10,13H2,1H3,(H,14,15). The zero-order valence-corrected chi connectivity index (χ0v) is 10.4. The highest BCUT2D eigenvalue weighted by molar-refractivity contribution is 5.81. The third-order valence-corrected chi connectivity index (χ3v) is 2.91. The van der Waals surface area contributed by atoms with Gasteiger partial charge >= 0.3 is 0 Å². The van der Waals surface area contributed by atoms with Crippen LogP contribution in [0.1, 0.15) is 51.9 Å². The Bertz CT molecular complexity index is 200. The molecule has 0 aliphatic heterocycles. The molecule has 0 aromatic heterocycles. The van der Waals surface area contributed by atoms with Gasteiger partial charge in [0.2, 0.25) is 0 Å². The van der Waals surface area contributed by atoms with Crippen LogP contribution in [0.3, 0.4) is 0 Å². The normalized spacial score (nSPS) is 18.8. The van der Waals surface area contributed by atoms with Crippen LogP contribution in [-0.2, 0) is 4.74 Å². The molecular weight excluding hydrogens is 202 g/mol. The van der Waals surface area contributed by atoms with Crippen molar-refractivity contribution in [3.05, 3.63) is 0 Å². The van der Waals surface area contributed by atoms with Gasteiger partial charge in [0.1, 0.15) is 5.84 Å². The molecule has 0 radical (unpaired) electrons. The van der Waals surface area contributed by atoms with Gasteiger partial charge < -0.3 is 10.2 Å². The van der Waals surface area contributed by atoms with Crippen molar-refractivity contribution < 1.29 is 4.74 Å². The number of nitrogens with zero attached hydrogens (tertiary/aromatic N) is 1. The van der Waals surface area contributed by atoms with Crippen molar-refractivity contribution >= 4 is 5.84 Å². The van der Waals surface area contributed by atoms with Crippen LogP contribution in [-0.4, -0.2) is 25.1 Å². The summed E-state index contributed by atoms with van der Waals surface area (Å²) in [5.74, 6) is 6.36. The number of hydrazine groups is 1. The summed E-state index contributed by atoms with van der Waals surface area (Å²) in [6.45, 7) is 3.64. The van der Waals surface area contributed by atoms with Gasteiger partial charge in [0.15, 0.2) is 0 Å². The molecule has 0 atom stereocenters. The number of ether oxygens (including phenoxy) is 1. The number of aliphatic imine (C=N–C) groups is 1. The van der Waals surface area contributed by atoms with E-state index in [1.165, 1.54) is 32.1 Å². The van der Waals surface area contributed by atoms with Crippen LogP contribution in [0.5, 0.6) is 0 Å². The molecule has 4 nitrogen and oxygen atoms in total. The van der Waals surface area contributed by atoms with Crippen LogP contribution in [0.15, 0.2) is 4.99 Å². The topological polar surface area (TPSA) is 59.6 Å². The molecule has 0 amide bonds. The monoisotopic (exact) mass is 227 g/mol. The summed E-state index contributed by atoms with van der Waals surface area (Å²) >= 11 is 0. The summed E-state index contributed by atoms with van der Waals surface area (Å²) in [7, 11) is 0. The molecule has 1 fully saturated rings. The first-order chi connectivity index (χ1) is 7.86. The molecule has 1 aliphatic rings. The Balaban J connectivity index is 2.24. The van der Waals surface area contributed by atoms with E-state index in [0.717, 1.165) is 25.3 Å². The Morgan fingerprint density at radius 1 is 1.31 bits per heavy atom. The van der Waals surface area contributed by atoms with E-state index in [2.05, 4.69) is 17.3 Å². The van der Waals surface area contributed by atoms with E-state index >= 15 is 0 Å². The molecule has 1 rings (SSSR count). The van der Waals surface area contributed by atoms with Crippen LogP contribution < -0.4 is 11.3 Å². The summed E-state index contributed by atoms with van der Waals surface area (Å²) in [6.07, 6.45) is 8.24. The third-order valence-electron chi connectivity index (χ3n) is 2.91. The van der Waals surface area contributed by atoms with E-state index < -0.39 is 0 Å². The highest BCUT2D eigenvalue weighted by atomic mass is 16.5. The van der Waals surface area contributed by atoms with Crippen molar-refractivity contribution in [1.82, 2.24) is 5.43 Å². The van der Waals surface area contributed by atoms with Gasteiger partial charge in [-0.2, -0.15) is 0 Å². The maximum Gasteiger partial charge on any atom is 0.113 e. The van der Waals surface area contributed by atoms with Crippen molar-refractivity contribution in [2.45, 2.75) is 57.9 Å². The van der Waals surface area contributed by atoms with Crippen LogP contribution in [0, 0.1) is 0 Å². The predicted octanol–water partition coefficient (Wildman–Crippen LogP) is 2.00. The van der Waals surface area contributed by atoms with Gasteiger partial charge in [-0.1, -0.05) is 26.2 Å². The van der Waals surface area contributed by atoms with Crippen molar-refractivity contribution in [2.75, 3.05) is 13.2 Å². The zero-order valence-electron chi connectivity index (χ0n) is 10.4. The van der Waals surface area contributed by atoms with E-state index in [1.54, 1.807) is 0 Å². The molecule has 0 aromatic rings. The third kappa shape index (κ3) is 5.47. The Hall–Kier alpha value is -0.610. The summed E-state index contributed by atoms with van der Waals surface area (Å²) in [4.78, 5) is 4.65. The number of nitrogens with two attached hydrogens (primary N) is 1. The number of amidine groups is 1. The summed E-state index contributed by atoms with van der Waals surface area (Å²) in [5, 5.41) is 0. The van der Waals surface area contributed by atoms with Crippen molar-refractivity contribution in [3.63, 3.8) is 0 Å². The van der Waals surface area contributed by atoms with E-state index in [9.17, 15) is 0 Å². The van der Waals surface area contributed by atoms with Gasteiger partial charge in [0.05, 0.1) is 12.6 Å². The zero-order chi connectivity index (χ0) is 11.6. The van der Waals surface area contributed by atoms with Crippen LogP contribution in [0.4, 0.5) is 0 Å². The second-order valence-electron chi connectivity index (χ2n) is 4.37. The fourth-order valence-electron chi connectivity index (χ4n) is 2.02. The SMILES string of the molecule is CCCOCCC(=NC1CCCCC1)NN. The minimum Gasteiger partial charge on any atom is -0.381 e. The maximum atomic E-state index is 5.47. The number of hydrogen-bond donors (Lipinski definition) is 2. The average molecular weight is 227 g/mol. The molecule has 1 saturated carbocycles. The Morgan fingerprint density at radius 2 is 2.06 bits per heavy atom. The summed E-state index contributed by atoms with van der Waals surface area (Å²) in [5.41, 5.74) is 2.70. The molecule has 0 bridgehead atoms. The molecule has 16 heavy (non-hydrogen) atoms. The lowest BCUT2D eigenvalue weighted by Gasteiger charge is -2.19. The van der Waals surface area contributed by atoms with Crippen molar-refractivity contribution in [2.24, 2.45) is 10.8 Å². The van der Waals surface area contributed by atoms with Gasteiger partial charge in [-0.05, 0) is 19.3 Å². The van der Waals surface area contributed by atoms with Gasteiger partial charge in [0.25, 0.3) is 0 Å². The fraction of sp³-hybridized carbons (Fsp3) is 0.917. The maximum absolute atomic E-state index is 5.47. The fourth-order valence-corrected chi connectivity index (χ4v) is 2.02. The molecule has 0 aromatic carbocycles. The van der Waals surface area contributed by atoms with Crippen molar-refractivity contribution in [1.29, 1.82) is 0 Å². The molecule has 1 aliphatic carbocycles. The van der Waals surface area contributed by atoms with E-state index in [1.807, 2.05) is 0 Å². The molecular formula is C12H25N3O. The van der Waals surface area contributed by atoms with Crippen LogP contribution >= 0.6 is 0 Å². The minimum absolute atomic E-state index is 0.478. The first-order valence-electron chi connectivity index (χ1n) is 6.47. The van der Waals surface area contributed by atoms with Crippen molar-refractivity contribution in [3.8, 4) is 0 Å². The molecule has 94 valence electrons. The van der Waals surface area contributed by atoms with Crippen LogP contribution in [0.25, 0.3) is 0 Å². The lowest BCUT2D eigenvalue weighted by atomic mass is 9.96. The molecule has 0 spiro atoms. The highest BCUT2D eigenvalue weighted by Gasteiger charge is 2.12. The second-order valence-corrected chi connectivity index (χ2v) is 4.37. The largest absolute Gasteiger partial charge is 0.381 e. The number of hydrogen-bond acceptors (Lipinski definition) is 3. The molecule has 0 heterocycles. The quantitative estimate of drug-likeness (QED) is 0.240. The highest BCUT2D eigenvalue weighted by Crippen LogP contribution is 2.20.